The van der Waals surface area contributed by atoms with Gasteiger partial charge in [-0.15, -0.1) is 0 Å². The molecule has 0 aliphatic rings. The molecule has 1 aromatic carbocycles. The van der Waals surface area contributed by atoms with Crippen molar-refractivity contribution in [2.75, 3.05) is 0 Å². The lowest BCUT2D eigenvalue weighted by Crippen LogP contribution is -1.99. The fourth-order valence-electron chi connectivity index (χ4n) is 1.91. The number of furan rings is 1. The Kier molecular flexibility index (Phi) is 2.45. The van der Waals surface area contributed by atoms with E-state index in [4.69, 9.17) is 4.42 Å². The average Bonchev–Trinajstić information content (AvgIpc) is 2.81. The summed E-state index contributed by atoms with van der Waals surface area (Å²) < 4.78 is 5.56. The Morgan fingerprint density at radius 3 is 2.89 bits per heavy atom. The maximum absolute atomic E-state index is 12.2. The molecule has 0 saturated heterocycles. The van der Waals surface area contributed by atoms with Crippen LogP contribution < -0.4 is 0 Å². The number of hydrogen-bond acceptors (Lipinski definition) is 3. The van der Waals surface area contributed by atoms with Crippen LogP contribution in [-0.4, -0.2) is 10.8 Å². The highest BCUT2D eigenvalue weighted by atomic mass is 16.3. The third-order valence-corrected chi connectivity index (χ3v) is 2.82. The molecule has 0 amide bonds. The Morgan fingerprint density at radius 2 is 2.11 bits per heavy atom. The monoisotopic (exact) mass is 237 g/mol. The van der Waals surface area contributed by atoms with Crippen molar-refractivity contribution in [1.82, 2.24) is 4.98 Å². The van der Waals surface area contributed by atoms with Crippen molar-refractivity contribution in [1.29, 1.82) is 0 Å². The Hall–Kier alpha value is -2.42. The predicted molar refractivity (Wildman–Crippen MR) is 68.6 cm³/mol. The minimum absolute atomic E-state index is 0.142. The molecule has 2 aromatic heterocycles. The lowest BCUT2D eigenvalue weighted by molar-refractivity contribution is 0.101. The quantitative estimate of drug-likeness (QED) is 0.642. The highest BCUT2D eigenvalue weighted by Gasteiger charge is 2.14. The summed E-state index contributed by atoms with van der Waals surface area (Å²) in [6.45, 7) is 2.01. The number of nitrogens with zero attached hydrogens (tertiary/aromatic N) is 1. The number of rotatable bonds is 2. The van der Waals surface area contributed by atoms with Crippen molar-refractivity contribution >= 4 is 16.8 Å². The van der Waals surface area contributed by atoms with Gasteiger partial charge in [-0.1, -0.05) is 11.6 Å². The summed E-state index contributed by atoms with van der Waals surface area (Å²) in [6.07, 6.45) is 3.18. The van der Waals surface area contributed by atoms with Gasteiger partial charge in [-0.3, -0.25) is 9.78 Å². The molecule has 0 fully saturated rings. The molecule has 0 spiro atoms. The van der Waals surface area contributed by atoms with Crippen LogP contribution in [0.5, 0.6) is 0 Å². The maximum Gasteiger partial charge on any atom is 0.229 e. The summed E-state index contributed by atoms with van der Waals surface area (Å²) in [5, 5.41) is 0.947. The predicted octanol–water partition coefficient (Wildman–Crippen LogP) is 3.37. The molecule has 0 N–H and O–H groups in total. The van der Waals surface area contributed by atoms with Gasteiger partial charge in [0.05, 0.1) is 0 Å². The Balaban J connectivity index is 2.07. The summed E-state index contributed by atoms with van der Waals surface area (Å²) in [7, 11) is 0. The molecule has 2 heterocycles. The average molecular weight is 237 g/mol. The van der Waals surface area contributed by atoms with Crippen molar-refractivity contribution in [3.8, 4) is 0 Å². The van der Waals surface area contributed by atoms with E-state index >= 15 is 0 Å². The van der Waals surface area contributed by atoms with Gasteiger partial charge < -0.3 is 4.42 Å². The van der Waals surface area contributed by atoms with Crippen LogP contribution in [0.25, 0.3) is 11.0 Å². The van der Waals surface area contributed by atoms with Crippen LogP contribution in [0.15, 0.2) is 53.2 Å². The van der Waals surface area contributed by atoms with Gasteiger partial charge in [0.15, 0.2) is 5.76 Å². The molecule has 0 unspecified atom stereocenters. The van der Waals surface area contributed by atoms with Gasteiger partial charge in [-0.25, -0.2) is 0 Å². The van der Waals surface area contributed by atoms with Crippen molar-refractivity contribution in [3.63, 3.8) is 0 Å². The topological polar surface area (TPSA) is 43.1 Å². The number of aryl methyl sites for hydroxylation is 1. The molecule has 3 heteroatoms. The minimum Gasteiger partial charge on any atom is -0.453 e. The van der Waals surface area contributed by atoms with Gasteiger partial charge in [0.2, 0.25) is 5.78 Å². The van der Waals surface area contributed by atoms with Crippen LogP contribution in [-0.2, 0) is 0 Å². The van der Waals surface area contributed by atoms with E-state index in [0.717, 1.165) is 16.5 Å². The third kappa shape index (κ3) is 1.80. The van der Waals surface area contributed by atoms with Gasteiger partial charge >= 0.3 is 0 Å². The Labute approximate surface area is 104 Å². The molecule has 0 aliphatic carbocycles. The molecule has 3 nitrogen and oxygen atoms in total. The zero-order valence-corrected chi connectivity index (χ0v) is 9.88. The molecule has 3 aromatic rings. The second-order valence-electron chi connectivity index (χ2n) is 4.22. The van der Waals surface area contributed by atoms with E-state index in [9.17, 15) is 4.79 Å². The highest BCUT2D eigenvalue weighted by Crippen LogP contribution is 2.22. The second kappa shape index (κ2) is 4.11. The Morgan fingerprint density at radius 1 is 1.22 bits per heavy atom. The fourth-order valence-corrected chi connectivity index (χ4v) is 1.91. The van der Waals surface area contributed by atoms with Gasteiger partial charge in [-0.2, -0.15) is 0 Å². The first kappa shape index (κ1) is 10.7. The van der Waals surface area contributed by atoms with E-state index in [-0.39, 0.29) is 5.78 Å². The smallest absolute Gasteiger partial charge is 0.229 e. The van der Waals surface area contributed by atoms with Crippen molar-refractivity contribution in [3.05, 3.63) is 65.7 Å². The summed E-state index contributed by atoms with van der Waals surface area (Å²) in [5.74, 6) is 0.209. The van der Waals surface area contributed by atoms with Crippen LogP contribution in [0.1, 0.15) is 21.7 Å². The summed E-state index contributed by atoms with van der Waals surface area (Å²) in [4.78, 5) is 16.1. The zero-order valence-electron chi connectivity index (χ0n) is 9.88. The van der Waals surface area contributed by atoms with Crippen molar-refractivity contribution in [2.24, 2.45) is 0 Å². The number of benzene rings is 1. The normalized spacial score (nSPS) is 10.7. The SMILES string of the molecule is Cc1ccc2oc(C(=O)c3cccnc3)cc2c1. The minimum atomic E-state index is -0.142. The van der Waals surface area contributed by atoms with Crippen LogP contribution in [0.4, 0.5) is 0 Å². The Bertz CT molecular complexity index is 714. The highest BCUT2D eigenvalue weighted by molar-refractivity contribution is 6.08. The van der Waals surface area contributed by atoms with Crippen LogP contribution in [0.2, 0.25) is 0 Å². The number of pyridine rings is 1. The van der Waals surface area contributed by atoms with Gasteiger partial charge in [0.25, 0.3) is 0 Å². The molecule has 88 valence electrons. The number of carbonyl (C=O) groups excluding carboxylic acids is 1. The molecular formula is C15H11NO2. The lowest BCUT2D eigenvalue weighted by atomic mass is 10.1. The van der Waals surface area contributed by atoms with Crippen molar-refractivity contribution in [2.45, 2.75) is 6.92 Å². The standard InChI is InChI=1S/C15H11NO2/c1-10-4-5-13-12(7-10)8-14(18-13)15(17)11-3-2-6-16-9-11/h2-9H,1H3. The number of hydrogen-bond donors (Lipinski definition) is 0. The summed E-state index contributed by atoms with van der Waals surface area (Å²) >= 11 is 0. The van der Waals surface area contributed by atoms with E-state index in [1.165, 1.54) is 0 Å². The molecule has 0 bridgehead atoms. The summed E-state index contributed by atoms with van der Waals surface area (Å²) in [5.41, 5.74) is 2.41. The molecule has 0 aliphatic heterocycles. The van der Waals surface area contributed by atoms with Crippen LogP contribution >= 0.6 is 0 Å². The number of aromatic nitrogens is 1. The zero-order chi connectivity index (χ0) is 12.5. The number of carbonyl (C=O) groups is 1. The molecular weight excluding hydrogens is 226 g/mol. The van der Waals surface area contributed by atoms with Crippen LogP contribution in [0, 0.1) is 6.92 Å². The van der Waals surface area contributed by atoms with Crippen LogP contribution in [0.3, 0.4) is 0 Å². The third-order valence-electron chi connectivity index (χ3n) is 2.82. The first-order valence-corrected chi connectivity index (χ1v) is 5.69. The number of ketones is 1. The van der Waals surface area contributed by atoms with Gasteiger partial charge in [0, 0.05) is 23.3 Å². The largest absolute Gasteiger partial charge is 0.453 e. The fraction of sp³-hybridized carbons (Fsp3) is 0.0667. The maximum atomic E-state index is 12.2. The number of fused-ring (bicyclic) bond motifs is 1. The molecule has 0 saturated carbocycles. The molecule has 0 radical (unpaired) electrons. The second-order valence-corrected chi connectivity index (χ2v) is 4.22. The molecule has 0 atom stereocenters. The van der Waals surface area contributed by atoms with Gasteiger partial charge in [-0.05, 0) is 37.3 Å². The first-order valence-electron chi connectivity index (χ1n) is 5.69. The molecule has 18 heavy (non-hydrogen) atoms. The van der Waals surface area contributed by atoms with Gasteiger partial charge in [0.1, 0.15) is 5.58 Å². The van der Waals surface area contributed by atoms with E-state index in [2.05, 4.69) is 4.98 Å². The summed E-state index contributed by atoms with van der Waals surface area (Å²) in [6, 6.07) is 11.1. The lowest BCUT2D eigenvalue weighted by Gasteiger charge is -1.94. The van der Waals surface area contributed by atoms with Crippen molar-refractivity contribution < 1.29 is 9.21 Å². The van der Waals surface area contributed by atoms with E-state index in [0.29, 0.717) is 11.3 Å². The van der Waals surface area contributed by atoms with E-state index in [1.54, 1.807) is 30.6 Å². The van der Waals surface area contributed by atoms with E-state index < -0.39 is 0 Å². The molecule has 3 rings (SSSR count). The van der Waals surface area contributed by atoms with E-state index in [1.807, 2.05) is 25.1 Å². The first-order chi connectivity index (χ1) is 8.74.